The third-order valence-electron chi connectivity index (χ3n) is 6.98. The van der Waals surface area contributed by atoms with Gasteiger partial charge in [0.1, 0.15) is 29.5 Å². The average Bonchev–Trinajstić information content (AvgIpc) is 2.94. The van der Waals surface area contributed by atoms with Gasteiger partial charge >= 0.3 is 5.97 Å². The standard InChI is InChI=1S/C33H54N4O9/c1-10-20(4)29(37-31(42)26(35-22(6)38)17-23-13-15-25(39)16-14-23)32(43)34-21(5)30(41)36-24(18-27(40)46-33(7,8)9)19-28(44-11-2)45-12-3/h13-16,20-21,24,26,28-29,39H,10-12,17-19H2,1-9H3,(H,34,43)(H,35,38)(H,36,41)(H,37,42)/t20?,21-,24-,26-,29-/m0/s1. The van der Waals surface area contributed by atoms with Crippen molar-refractivity contribution in [2.45, 2.75) is 124 Å². The van der Waals surface area contributed by atoms with Crippen molar-refractivity contribution in [1.29, 1.82) is 0 Å². The molecule has 0 spiro atoms. The summed E-state index contributed by atoms with van der Waals surface area (Å²) in [4.78, 5) is 64.7. The smallest absolute Gasteiger partial charge is 0.308 e. The van der Waals surface area contributed by atoms with Crippen LogP contribution >= 0.6 is 0 Å². The number of hydrogen-bond donors (Lipinski definition) is 5. The number of ether oxygens (including phenoxy) is 3. The molecule has 0 radical (unpaired) electrons. The SMILES string of the molecule is CCOC(C[C@H](CC(=O)OC(C)(C)C)NC(=O)[C@H](C)NC(=O)[C@@H](NC(=O)[C@H](Cc1ccc(O)cc1)NC(C)=O)C(C)CC)OCC. The number of esters is 1. The van der Waals surface area contributed by atoms with Crippen molar-refractivity contribution in [3.63, 3.8) is 0 Å². The summed E-state index contributed by atoms with van der Waals surface area (Å²) in [6, 6.07) is 2.49. The summed E-state index contributed by atoms with van der Waals surface area (Å²) in [5, 5.41) is 20.4. The first-order valence-corrected chi connectivity index (χ1v) is 15.9. The number of nitrogens with one attached hydrogen (secondary N) is 4. The summed E-state index contributed by atoms with van der Waals surface area (Å²) in [6.45, 7) is 16.0. The zero-order valence-corrected chi connectivity index (χ0v) is 28.7. The minimum Gasteiger partial charge on any atom is -0.508 e. The molecule has 1 aromatic rings. The molecule has 0 fully saturated rings. The fraction of sp³-hybridized carbons (Fsp3) is 0.667. The Bertz CT molecular complexity index is 1130. The Morgan fingerprint density at radius 1 is 0.826 bits per heavy atom. The maximum atomic E-state index is 13.5. The predicted molar refractivity (Wildman–Crippen MR) is 172 cm³/mol. The zero-order chi connectivity index (χ0) is 35.0. The second-order valence-corrected chi connectivity index (χ2v) is 12.3. The van der Waals surface area contributed by atoms with E-state index in [1.807, 2.05) is 20.8 Å². The van der Waals surface area contributed by atoms with Crippen molar-refractivity contribution in [3.8, 4) is 5.75 Å². The zero-order valence-electron chi connectivity index (χ0n) is 28.7. The summed E-state index contributed by atoms with van der Waals surface area (Å²) in [7, 11) is 0. The topological polar surface area (TPSA) is 181 Å². The van der Waals surface area contributed by atoms with Gasteiger partial charge in [-0.1, -0.05) is 32.4 Å². The third kappa shape index (κ3) is 15.5. The van der Waals surface area contributed by atoms with Crippen LogP contribution in [0.4, 0.5) is 0 Å². The molecule has 46 heavy (non-hydrogen) atoms. The fourth-order valence-electron chi connectivity index (χ4n) is 4.54. The lowest BCUT2D eigenvalue weighted by Crippen LogP contribution is -2.58. The number of rotatable bonds is 19. The Kier molecular flexibility index (Phi) is 17.3. The summed E-state index contributed by atoms with van der Waals surface area (Å²) >= 11 is 0. The fourth-order valence-corrected chi connectivity index (χ4v) is 4.54. The Morgan fingerprint density at radius 2 is 1.41 bits per heavy atom. The van der Waals surface area contributed by atoms with Gasteiger partial charge in [0, 0.05) is 39.0 Å². The minimum atomic E-state index is -1.03. The highest BCUT2D eigenvalue weighted by atomic mass is 16.7. The molecule has 0 saturated carbocycles. The van der Waals surface area contributed by atoms with Crippen LogP contribution in [-0.2, 0) is 44.6 Å². The van der Waals surface area contributed by atoms with E-state index in [1.54, 1.807) is 39.8 Å². The molecule has 4 amide bonds. The molecule has 0 aliphatic carbocycles. The highest BCUT2D eigenvalue weighted by Crippen LogP contribution is 2.15. The monoisotopic (exact) mass is 650 g/mol. The van der Waals surface area contributed by atoms with Gasteiger partial charge in [-0.25, -0.2) is 0 Å². The van der Waals surface area contributed by atoms with E-state index in [1.165, 1.54) is 26.0 Å². The van der Waals surface area contributed by atoms with E-state index < -0.39 is 65.7 Å². The normalized spacial score (nSPS) is 14.7. The Hall–Kier alpha value is -3.71. The largest absolute Gasteiger partial charge is 0.508 e. The van der Waals surface area contributed by atoms with E-state index in [0.29, 0.717) is 25.2 Å². The van der Waals surface area contributed by atoms with Crippen LogP contribution in [0.15, 0.2) is 24.3 Å². The first kappa shape index (κ1) is 40.3. The van der Waals surface area contributed by atoms with E-state index in [0.717, 1.165) is 0 Å². The number of carbonyl (C=O) groups is 5. The molecule has 5 N–H and O–H groups in total. The Balaban J connectivity index is 3.07. The van der Waals surface area contributed by atoms with Crippen molar-refractivity contribution in [1.82, 2.24) is 21.3 Å². The third-order valence-corrected chi connectivity index (χ3v) is 6.98. The van der Waals surface area contributed by atoms with Gasteiger partial charge in [-0.3, -0.25) is 24.0 Å². The lowest BCUT2D eigenvalue weighted by molar-refractivity contribution is -0.159. The van der Waals surface area contributed by atoms with Crippen LogP contribution in [0.2, 0.25) is 0 Å². The van der Waals surface area contributed by atoms with Crippen LogP contribution in [0.25, 0.3) is 0 Å². The maximum Gasteiger partial charge on any atom is 0.308 e. The van der Waals surface area contributed by atoms with Crippen LogP contribution in [0.5, 0.6) is 5.75 Å². The number of carbonyl (C=O) groups excluding carboxylic acids is 5. The van der Waals surface area contributed by atoms with Gasteiger partial charge in [-0.15, -0.1) is 0 Å². The Labute approximate surface area is 272 Å². The quantitative estimate of drug-likeness (QED) is 0.111. The second kappa shape index (κ2) is 19.7. The number of amides is 4. The molecule has 0 saturated heterocycles. The van der Waals surface area contributed by atoms with Gasteiger partial charge in [0.05, 0.1) is 6.42 Å². The molecule has 0 aliphatic heterocycles. The van der Waals surface area contributed by atoms with Crippen molar-refractivity contribution < 1.29 is 43.3 Å². The number of hydrogen-bond acceptors (Lipinski definition) is 9. The summed E-state index contributed by atoms with van der Waals surface area (Å²) < 4.78 is 16.7. The molecule has 13 nitrogen and oxygen atoms in total. The van der Waals surface area contributed by atoms with Crippen LogP contribution in [0, 0.1) is 5.92 Å². The maximum absolute atomic E-state index is 13.5. The lowest BCUT2D eigenvalue weighted by atomic mass is 9.96. The molecule has 0 bridgehead atoms. The van der Waals surface area contributed by atoms with Gasteiger partial charge in [-0.2, -0.15) is 0 Å². The molecule has 1 unspecified atom stereocenters. The average molecular weight is 651 g/mol. The summed E-state index contributed by atoms with van der Waals surface area (Å²) in [5.41, 5.74) is -0.0247. The van der Waals surface area contributed by atoms with E-state index in [2.05, 4.69) is 21.3 Å². The molecule has 5 atom stereocenters. The number of phenolic OH excluding ortho intramolecular Hbond substituents is 1. The molecular formula is C33H54N4O9. The van der Waals surface area contributed by atoms with Gasteiger partial charge in [-0.05, 0) is 65.2 Å². The predicted octanol–water partition coefficient (Wildman–Crippen LogP) is 2.48. The van der Waals surface area contributed by atoms with Crippen LogP contribution < -0.4 is 21.3 Å². The van der Waals surface area contributed by atoms with E-state index in [-0.39, 0.29) is 30.9 Å². The number of phenols is 1. The molecule has 0 aromatic heterocycles. The molecule has 260 valence electrons. The highest BCUT2D eigenvalue weighted by molar-refractivity contribution is 5.94. The van der Waals surface area contributed by atoms with Gasteiger partial charge in [0.25, 0.3) is 0 Å². The summed E-state index contributed by atoms with van der Waals surface area (Å²) in [5.74, 6) is -2.89. The first-order chi connectivity index (χ1) is 21.5. The molecule has 0 heterocycles. The van der Waals surface area contributed by atoms with E-state index in [9.17, 15) is 29.1 Å². The number of benzene rings is 1. The van der Waals surface area contributed by atoms with Crippen molar-refractivity contribution in [3.05, 3.63) is 29.8 Å². The number of aromatic hydroxyl groups is 1. The molecule has 1 aromatic carbocycles. The first-order valence-electron chi connectivity index (χ1n) is 15.9. The van der Waals surface area contributed by atoms with Crippen molar-refractivity contribution in [2.24, 2.45) is 5.92 Å². The van der Waals surface area contributed by atoms with Crippen LogP contribution in [-0.4, -0.2) is 84.0 Å². The minimum absolute atomic E-state index is 0.0653. The molecule has 0 aliphatic rings. The van der Waals surface area contributed by atoms with Gasteiger partial charge in [0.15, 0.2) is 6.29 Å². The van der Waals surface area contributed by atoms with E-state index in [4.69, 9.17) is 14.2 Å². The van der Waals surface area contributed by atoms with E-state index >= 15 is 0 Å². The molecule has 13 heteroatoms. The summed E-state index contributed by atoms with van der Waals surface area (Å²) in [6.07, 6.45) is 0.0245. The highest BCUT2D eigenvalue weighted by Gasteiger charge is 2.32. The molecular weight excluding hydrogens is 596 g/mol. The van der Waals surface area contributed by atoms with Gasteiger partial charge < -0.3 is 40.6 Å². The lowest BCUT2D eigenvalue weighted by Gasteiger charge is -2.29. The van der Waals surface area contributed by atoms with Gasteiger partial charge in [0.2, 0.25) is 23.6 Å². The van der Waals surface area contributed by atoms with Crippen LogP contribution in [0.1, 0.15) is 87.1 Å². The van der Waals surface area contributed by atoms with Crippen LogP contribution in [0.3, 0.4) is 0 Å². The van der Waals surface area contributed by atoms with Crippen molar-refractivity contribution >= 4 is 29.6 Å². The van der Waals surface area contributed by atoms with Crippen molar-refractivity contribution in [2.75, 3.05) is 13.2 Å². The molecule has 1 rings (SSSR count). The Morgan fingerprint density at radius 3 is 1.91 bits per heavy atom. The second-order valence-electron chi connectivity index (χ2n) is 12.3.